The zero-order valence-corrected chi connectivity index (χ0v) is 13.3. The number of nitrogens with two attached hydrogens (primary N) is 1. The van der Waals surface area contributed by atoms with Crippen molar-refractivity contribution in [2.45, 2.75) is 50.4 Å². The molecular weight excluding hydrogens is 342 g/mol. The Hall–Kier alpha value is -2.73. The molecule has 0 saturated heterocycles. The van der Waals surface area contributed by atoms with Crippen LogP contribution in [0.1, 0.15) is 26.2 Å². The van der Waals surface area contributed by atoms with E-state index >= 15 is 0 Å². The first-order valence-electron chi connectivity index (χ1n) is 7.16. The molecule has 0 radical (unpaired) electrons. The number of aliphatic carboxylic acids is 3. The van der Waals surface area contributed by atoms with Crippen molar-refractivity contribution in [1.82, 2.24) is 10.6 Å². The van der Waals surface area contributed by atoms with Crippen LogP contribution < -0.4 is 16.4 Å². The molecule has 12 heteroatoms. The van der Waals surface area contributed by atoms with Crippen molar-refractivity contribution >= 4 is 29.7 Å². The van der Waals surface area contributed by atoms with Crippen molar-refractivity contribution in [3.63, 3.8) is 0 Å². The van der Waals surface area contributed by atoms with Crippen LogP contribution in [0.4, 0.5) is 0 Å². The van der Waals surface area contributed by atoms with Crippen LogP contribution >= 0.6 is 0 Å². The van der Waals surface area contributed by atoms with Crippen LogP contribution in [0.3, 0.4) is 0 Å². The van der Waals surface area contributed by atoms with Gasteiger partial charge >= 0.3 is 17.9 Å². The lowest BCUT2D eigenvalue weighted by molar-refractivity contribution is -0.145. The molecule has 4 atom stereocenters. The van der Waals surface area contributed by atoms with Gasteiger partial charge in [0.1, 0.15) is 6.04 Å². The lowest BCUT2D eigenvalue weighted by Gasteiger charge is -2.22. The molecule has 0 saturated carbocycles. The Morgan fingerprint density at radius 3 is 1.92 bits per heavy atom. The third kappa shape index (κ3) is 8.62. The fourth-order valence-electron chi connectivity index (χ4n) is 1.72. The third-order valence-electron chi connectivity index (χ3n) is 3.06. The number of amides is 2. The van der Waals surface area contributed by atoms with Crippen molar-refractivity contribution in [3.8, 4) is 0 Å². The monoisotopic (exact) mass is 363 g/mol. The molecule has 8 N–H and O–H groups in total. The van der Waals surface area contributed by atoms with Crippen LogP contribution in [-0.4, -0.2) is 74.4 Å². The molecule has 0 rings (SSSR count). The SMILES string of the molecule is C[C@@H](O)[C@H](NC(=O)[C@H](CC(=O)O)NC(=O)[C@@H](N)CCC(=O)O)C(=O)O. The molecule has 0 fully saturated rings. The van der Waals surface area contributed by atoms with Crippen LogP contribution in [0.5, 0.6) is 0 Å². The Morgan fingerprint density at radius 2 is 1.52 bits per heavy atom. The Bertz CT molecular complexity index is 535. The number of hydrogen-bond acceptors (Lipinski definition) is 7. The first-order chi connectivity index (χ1) is 11.5. The molecule has 142 valence electrons. The van der Waals surface area contributed by atoms with Gasteiger partial charge in [-0.15, -0.1) is 0 Å². The van der Waals surface area contributed by atoms with E-state index in [-0.39, 0.29) is 6.42 Å². The van der Waals surface area contributed by atoms with Gasteiger partial charge in [0, 0.05) is 6.42 Å². The minimum absolute atomic E-state index is 0.242. The number of aliphatic hydroxyl groups excluding tert-OH is 1. The molecule has 0 heterocycles. The van der Waals surface area contributed by atoms with Gasteiger partial charge in [0.25, 0.3) is 0 Å². The Labute approximate surface area is 142 Å². The summed E-state index contributed by atoms with van der Waals surface area (Å²) >= 11 is 0. The van der Waals surface area contributed by atoms with Crippen LogP contribution in [0.15, 0.2) is 0 Å². The summed E-state index contributed by atoms with van der Waals surface area (Å²) in [5.74, 6) is -6.31. The summed E-state index contributed by atoms with van der Waals surface area (Å²) in [5, 5.41) is 39.5. The van der Waals surface area contributed by atoms with Gasteiger partial charge in [-0.1, -0.05) is 0 Å². The summed E-state index contributed by atoms with van der Waals surface area (Å²) in [7, 11) is 0. The highest BCUT2D eigenvalue weighted by Gasteiger charge is 2.31. The summed E-state index contributed by atoms with van der Waals surface area (Å²) in [6, 6.07) is -4.66. The molecule has 0 unspecified atom stereocenters. The van der Waals surface area contributed by atoms with Gasteiger partial charge in [0.15, 0.2) is 6.04 Å². The van der Waals surface area contributed by atoms with Crippen LogP contribution in [0, 0.1) is 0 Å². The third-order valence-corrected chi connectivity index (χ3v) is 3.06. The second-order valence-electron chi connectivity index (χ2n) is 5.26. The van der Waals surface area contributed by atoms with Gasteiger partial charge in [-0.25, -0.2) is 4.79 Å². The average molecular weight is 363 g/mol. The van der Waals surface area contributed by atoms with Gasteiger partial charge in [-0.05, 0) is 13.3 Å². The van der Waals surface area contributed by atoms with Crippen LogP contribution in [-0.2, 0) is 24.0 Å². The Morgan fingerprint density at radius 1 is 0.960 bits per heavy atom. The van der Waals surface area contributed by atoms with E-state index in [0.29, 0.717) is 0 Å². The molecule has 0 aliphatic rings. The first kappa shape index (κ1) is 22.3. The molecule has 0 aliphatic carbocycles. The van der Waals surface area contributed by atoms with Crippen molar-refractivity contribution in [3.05, 3.63) is 0 Å². The summed E-state index contributed by atoms with van der Waals surface area (Å²) in [6.07, 6.45) is -2.99. The number of carbonyl (C=O) groups excluding carboxylic acids is 2. The second kappa shape index (κ2) is 10.2. The number of rotatable bonds is 11. The Balaban J connectivity index is 5.01. The molecule has 0 aromatic rings. The van der Waals surface area contributed by atoms with Gasteiger partial charge in [-0.2, -0.15) is 0 Å². The fourth-order valence-corrected chi connectivity index (χ4v) is 1.72. The molecule has 0 aliphatic heterocycles. The van der Waals surface area contributed by atoms with Crippen molar-refractivity contribution in [2.75, 3.05) is 0 Å². The summed E-state index contributed by atoms with van der Waals surface area (Å²) in [5.41, 5.74) is 5.45. The minimum Gasteiger partial charge on any atom is -0.481 e. The number of carboxylic acids is 3. The van der Waals surface area contributed by atoms with E-state index in [0.717, 1.165) is 6.92 Å². The molecule has 2 amide bonds. The standard InChI is InChI=1S/C13H21N3O9/c1-5(17)10(13(24)25)16-12(23)7(4-9(20)21)15-11(22)6(14)2-3-8(18)19/h5-7,10,17H,2-4,14H2,1H3,(H,15,22)(H,16,23)(H,18,19)(H,20,21)(H,24,25)/t5-,6+,7+,10+/m1/s1. The van der Waals surface area contributed by atoms with Crippen LogP contribution in [0.25, 0.3) is 0 Å². The molecular formula is C13H21N3O9. The minimum atomic E-state index is -1.71. The summed E-state index contributed by atoms with van der Waals surface area (Å²) < 4.78 is 0. The second-order valence-corrected chi connectivity index (χ2v) is 5.26. The summed E-state index contributed by atoms with van der Waals surface area (Å²) in [4.78, 5) is 56.1. The van der Waals surface area contributed by atoms with Gasteiger partial charge in [-0.3, -0.25) is 19.2 Å². The predicted octanol–water partition coefficient (Wildman–Crippen LogP) is -2.91. The van der Waals surface area contributed by atoms with E-state index in [1.165, 1.54) is 0 Å². The van der Waals surface area contributed by atoms with E-state index in [2.05, 4.69) is 0 Å². The van der Waals surface area contributed by atoms with Gasteiger partial charge in [0.2, 0.25) is 11.8 Å². The molecule has 0 aromatic carbocycles. The number of aliphatic hydroxyl groups is 1. The maximum atomic E-state index is 12.0. The average Bonchev–Trinajstić information content (AvgIpc) is 2.47. The zero-order chi connectivity index (χ0) is 19.7. The predicted molar refractivity (Wildman–Crippen MR) is 80.3 cm³/mol. The summed E-state index contributed by atoms with van der Waals surface area (Å²) in [6.45, 7) is 1.10. The van der Waals surface area contributed by atoms with Gasteiger partial charge in [0.05, 0.1) is 18.6 Å². The largest absolute Gasteiger partial charge is 0.481 e. The van der Waals surface area contributed by atoms with E-state index in [1.54, 1.807) is 0 Å². The van der Waals surface area contributed by atoms with E-state index in [1.807, 2.05) is 10.6 Å². The number of nitrogens with one attached hydrogen (secondary N) is 2. The Kier molecular flexibility index (Phi) is 9.09. The topological polar surface area (TPSA) is 216 Å². The quantitative estimate of drug-likeness (QED) is 0.198. The highest BCUT2D eigenvalue weighted by molar-refractivity contribution is 5.94. The van der Waals surface area contributed by atoms with Crippen molar-refractivity contribution in [1.29, 1.82) is 0 Å². The highest BCUT2D eigenvalue weighted by atomic mass is 16.4. The smallest absolute Gasteiger partial charge is 0.328 e. The maximum Gasteiger partial charge on any atom is 0.328 e. The molecule has 0 aromatic heterocycles. The van der Waals surface area contributed by atoms with Crippen LogP contribution in [0.2, 0.25) is 0 Å². The van der Waals surface area contributed by atoms with Crippen molar-refractivity contribution < 1.29 is 44.4 Å². The van der Waals surface area contributed by atoms with E-state index in [9.17, 15) is 29.1 Å². The highest BCUT2D eigenvalue weighted by Crippen LogP contribution is 2.01. The lowest BCUT2D eigenvalue weighted by atomic mass is 10.1. The number of hydrogen-bond donors (Lipinski definition) is 7. The van der Waals surface area contributed by atoms with E-state index < -0.39 is 66.8 Å². The molecule has 0 bridgehead atoms. The zero-order valence-electron chi connectivity index (χ0n) is 13.3. The molecule has 12 nitrogen and oxygen atoms in total. The first-order valence-corrected chi connectivity index (χ1v) is 7.16. The number of carboxylic acid groups (broad SMARTS) is 3. The van der Waals surface area contributed by atoms with Crippen molar-refractivity contribution in [2.24, 2.45) is 5.73 Å². The normalized spacial score (nSPS) is 15.3. The fraction of sp³-hybridized carbons (Fsp3) is 0.615. The van der Waals surface area contributed by atoms with E-state index in [4.69, 9.17) is 21.1 Å². The maximum absolute atomic E-state index is 12.0. The molecule has 25 heavy (non-hydrogen) atoms. The number of carbonyl (C=O) groups is 5. The lowest BCUT2D eigenvalue weighted by Crippen LogP contribution is -2.57. The molecule has 0 spiro atoms. The van der Waals surface area contributed by atoms with Gasteiger partial charge < -0.3 is 36.8 Å².